The minimum absolute atomic E-state index is 0.00792. The van der Waals surface area contributed by atoms with Crippen molar-refractivity contribution in [3.63, 3.8) is 0 Å². The van der Waals surface area contributed by atoms with Crippen LogP contribution in [-0.2, 0) is 4.79 Å². The van der Waals surface area contributed by atoms with E-state index in [0.29, 0.717) is 74.8 Å². The lowest BCUT2D eigenvalue weighted by atomic mass is 10.0. The zero-order valence-corrected chi connectivity index (χ0v) is 21.4. The molecule has 2 atom stereocenters. The fourth-order valence-electron chi connectivity index (χ4n) is 4.54. The second-order valence-corrected chi connectivity index (χ2v) is 10.6. The van der Waals surface area contributed by atoms with Crippen LogP contribution in [-0.4, -0.2) is 113 Å². The molecule has 1 aromatic rings. The van der Waals surface area contributed by atoms with Gasteiger partial charge in [0.1, 0.15) is 28.4 Å². The van der Waals surface area contributed by atoms with Crippen molar-refractivity contribution in [1.82, 2.24) is 19.0 Å². The number of rotatable bonds is 6. The third-order valence-electron chi connectivity index (χ3n) is 6.39. The second-order valence-electron chi connectivity index (χ2n) is 9.25. The van der Waals surface area contributed by atoms with E-state index in [2.05, 4.69) is 6.07 Å². The van der Waals surface area contributed by atoms with Crippen LogP contribution < -0.4 is 4.74 Å². The maximum Gasteiger partial charge on any atom is 0.325 e. The first-order valence-electron chi connectivity index (χ1n) is 12.1. The molecule has 4 rings (SSSR count). The van der Waals surface area contributed by atoms with Gasteiger partial charge in [0.15, 0.2) is 6.73 Å². The lowest BCUT2D eigenvalue weighted by Crippen LogP contribution is -2.54. The van der Waals surface area contributed by atoms with Crippen LogP contribution in [0.15, 0.2) is 17.1 Å². The van der Waals surface area contributed by atoms with E-state index in [4.69, 9.17) is 14.8 Å². The molecule has 0 saturated carbocycles. The number of carbonyl (C=O) groups excluding carboxylic acids is 2. The zero-order chi connectivity index (χ0) is 25.8. The Hall–Kier alpha value is -2.85. The first-order chi connectivity index (χ1) is 17.3. The Morgan fingerprint density at radius 3 is 2.72 bits per heavy atom. The predicted molar refractivity (Wildman–Crippen MR) is 135 cm³/mol. The largest absolute Gasteiger partial charge is 0.508 e. The molecule has 36 heavy (non-hydrogen) atoms. The molecular formula is C24H32N6O5S. The van der Waals surface area contributed by atoms with Gasteiger partial charge in [0.2, 0.25) is 0 Å². The van der Waals surface area contributed by atoms with Crippen molar-refractivity contribution in [2.24, 2.45) is 4.99 Å². The normalized spacial score (nSPS) is 22.9. The van der Waals surface area contributed by atoms with Gasteiger partial charge in [0, 0.05) is 51.8 Å². The molecule has 2 N–H and O–H groups in total. The number of amidine groups is 1. The highest BCUT2D eigenvalue weighted by Gasteiger charge is 2.36. The number of phenols is 1. The van der Waals surface area contributed by atoms with Gasteiger partial charge in [-0.25, -0.2) is 9.10 Å². The molecule has 11 nitrogen and oxygen atoms in total. The van der Waals surface area contributed by atoms with Gasteiger partial charge in [-0.1, -0.05) is 11.9 Å². The van der Waals surface area contributed by atoms with E-state index in [9.17, 15) is 20.0 Å². The third-order valence-corrected chi connectivity index (χ3v) is 7.42. The van der Waals surface area contributed by atoms with Crippen LogP contribution in [0.3, 0.4) is 0 Å². The highest BCUT2D eigenvalue weighted by Crippen LogP contribution is 2.42. The monoisotopic (exact) mass is 516 g/mol. The van der Waals surface area contributed by atoms with E-state index in [1.54, 1.807) is 20.2 Å². The van der Waals surface area contributed by atoms with E-state index in [-0.39, 0.29) is 36.9 Å². The van der Waals surface area contributed by atoms with Crippen molar-refractivity contribution in [3.05, 3.63) is 23.3 Å². The summed E-state index contributed by atoms with van der Waals surface area (Å²) in [4.78, 5) is 35.7. The number of aromatic hydroxyl groups is 1. The summed E-state index contributed by atoms with van der Waals surface area (Å²) in [5.41, 5.74) is 0.973. The van der Waals surface area contributed by atoms with E-state index in [1.807, 2.05) is 18.9 Å². The maximum atomic E-state index is 13.5. The van der Waals surface area contributed by atoms with Crippen LogP contribution in [0.4, 0.5) is 4.79 Å². The molecule has 0 radical (unpaired) electrons. The Morgan fingerprint density at radius 1 is 1.28 bits per heavy atom. The summed E-state index contributed by atoms with van der Waals surface area (Å²) < 4.78 is 7.76. The molecule has 2 unspecified atom stereocenters. The number of carbonyl (C=O) groups is 2. The number of nitrogens with zero attached hydrogens (tertiary/aromatic N) is 6. The van der Waals surface area contributed by atoms with Crippen molar-refractivity contribution in [2.45, 2.75) is 31.1 Å². The predicted octanol–water partition coefficient (Wildman–Crippen LogP) is 1.42. The van der Waals surface area contributed by atoms with Crippen molar-refractivity contribution in [1.29, 1.82) is 5.26 Å². The minimum atomic E-state index is -0.583. The van der Waals surface area contributed by atoms with E-state index in [0.717, 1.165) is 0 Å². The molecule has 0 spiro atoms. The number of urea groups is 1. The summed E-state index contributed by atoms with van der Waals surface area (Å²) in [7, 11) is 1.81. The number of hydrogen-bond acceptors (Lipinski definition) is 10. The lowest BCUT2D eigenvalue weighted by Gasteiger charge is -2.36. The number of ketones is 1. The third kappa shape index (κ3) is 5.75. The number of nitriles is 1. The SMILES string of the molecule is CC1CN(C(=O)N2CCN(CC(=O)CCCO)CC2)C(c2cc(O)c3cc2OCN(C)SC3C#N)=N1. The first-order valence-corrected chi connectivity index (χ1v) is 12.9. The van der Waals surface area contributed by atoms with Crippen LogP contribution in [0, 0.1) is 11.3 Å². The molecule has 3 aliphatic heterocycles. The topological polar surface area (TPSA) is 133 Å². The minimum Gasteiger partial charge on any atom is -0.508 e. The summed E-state index contributed by atoms with van der Waals surface area (Å²) >= 11 is 1.28. The number of ether oxygens (including phenoxy) is 1. The number of Topliss-reactive ketones (excluding diaryl/α,β-unsaturated/α-hetero) is 1. The molecule has 2 amide bonds. The molecule has 194 valence electrons. The van der Waals surface area contributed by atoms with Gasteiger partial charge in [-0.05, 0) is 25.5 Å². The number of aliphatic imine (C=N–C) groups is 1. The summed E-state index contributed by atoms with van der Waals surface area (Å²) in [6, 6.07) is 5.12. The van der Waals surface area contributed by atoms with Crippen molar-refractivity contribution < 1.29 is 24.5 Å². The van der Waals surface area contributed by atoms with Crippen molar-refractivity contribution >= 4 is 29.6 Å². The molecule has 3 aliphatic rings. The molecule has 1 aromatic carbocycles. The Kier molecular flexibility index (Phi) is 8.35. The summed E-state index contributed by atoms with van der Waals surface area (Å²) in [6.45, 7) is 5.07. The van der Waals surface area contributed by atoms with E-state index >= 15 is 0 Å². The number of piperazine rings is 1. The Labute approximate surface area is 215 Å². The van der Waals surface area contributed by atoms with Gasteiger partial charge in [-0.3, -0.25) is 19.6 Å². The van der Waals surface area contributed by atoms with Crippen LogP contribution in [0.25, 0.3) is 0 Å². The number of aliphatic hydroxyl groups is 1. The number of fused-ring (bicyclic) bond motifs is 2. The van der Waals surface area contributed by atoms with E-state index < -0.39 is 5.25 Å². The van der Waals surface area contributed by atoms with E-state index in [1.165, 1.54) is 18.0 Å². The number of phenolic OH excluding ortho intramolecular Hbond substituents is 1. The number of aliphatic hydroxyl groups excluding tert-OH is 1. The van der Waals surface area contributed by atoms with Crippen molar-refractivity contribution in [3.8, 4) is 17.6 Å². The summed E-state index contributed by atoms with van der Waals surface area (Å²) in [6.07, 6.45) is 0.835. The zero-order valence-electron chi connectivity index (χ0n) is 20.6. The van der Waals surface area contributed by atoms with Gasteiger partial charge in [-0.15, -0.1) is 0 Å². The van der Waals surface area contributed by atoms with Crippen LogP contribution in [0.1, 0.15) is 36.1 Å². The highest BCUT2D eigenvalue weighted by molar-refractivity contribution is 7.97. The Bertz CT molecular complexity index is 1070. The first kappa shape index (κ1) is 26.2. The van der Waals surface area contributed by atoms with Gasteiger partial charge in [0.25, 0.3) is 0 Å². The molecule has 3 heterocycles. The second kappa shape index (κ2) is 11.5. The highest BCUT2D eigenvalue weighted by atomic mass is 32.2. The molecule has 2 bridgehead atoms. The standard InChI is InChI=1S/C24H32N6O5S/c1-16-13-30(24(34)29-7-5-28(6-8-29)14-17(32)4-3-9-31)23(26-16)19-10-20(33)18-11-21(19)35-15-27(2)36-22(18)12-25/h10-11,16,22,31,33H,3-9,13-15H2,1-2H3. The maximum absolute atomic E-state index is 13.5. The smallest absolute Gasteiger partial charge is 0.325 e. The van der Waals surface area contributed by atoms with Crippen molar-refractivity contribution in [2.75, 3.05) is 59.7 Å². The number of benzene rings is 1. The fourth-order valence-corrected chi connectivity index (χ4v) is 5.36. The molecule has 0 aromatic heterocycles. The average Bonchev–Trinajstić information content (AvgIpc) is 3.25. The van der Waals surface area contributed by atoms with Crippen LogP contribution in [0.5, 0.6) is 11.5 Å². The molecule has 1 fully saturated rings. The van der Waals surface area contributed by atoms with Gasteiger partial charge in [-0.2, -0.15) is 5.26 Å². The molecule has 0 aliphatic carbocycles. The number of amides is 2. The summed E-state index contributed by atoms with van der Waals surface area (Å²) in [5, 5.41) is 28.7. The molecule has 12 heteroatoms. The van der Waals surface area contributed by atoms with Crippen LogP contribution >= 0.6 is 11.9 Å². The summed E-state index contributed by atoms with van der Waals surface area (Å²) in [5.74, 6) is 0.960. The quantitative estimate of drug-likeness (QED) is 0.539. The average molecular weight is 517 g/mol. The molecule has 1 saturated heterocycles. The Balaban J connectivity index is 1.50. The van der Waals surface area contributed by atoms with Gasteiger partial charge in [0.05, 0.1) is 30.8 Å². The molecular weight excluding hydrogens is 484 g/mol. The Morgan fingerprint density at radius 2 is 2.03 bits per heavy atom. The fraction of sp³-hybridized carbons (Fsp3) is 0.583. The number of hydrogen-bond donors (Lipinski definition) is 2. The van der Waals surface area contributed by atoms with Crippen LogP contribution in [0.2, 0.25) is 0 Å². The lowest BCUT2D eigenvalue weighted by molar-refractivity contribution is -0.120. The van der Waals surface area contributed by atoms with Gasteiger partial charge >= 0.3 is 6.03 Å². The van der Waals surface area contributed by atoms with Gasteiger partial charge < -0.3 is 19.8 Å².